The predicted molar refractivity (Wildman–Crippen MR) is 87.4 cm³/mol. The molecule has 0 bridgehead atoms. The van der Waals surface area contributed by atoms with Crippen molar-refractivity contribution in [1.82, 2.24) is 9.78 Å². The third kappa shape index (κ3) is 4.46. The Bertz CT molecular complexity index is 787. The highest BCUT2D eigenvalue weighted by Gasteiger charge is 2.25. The molecule has 6 nitrogen and oxygen atoms in total. The summed E-state index contributed by atoms with van der Waals surface area (Å²) in [5.74, 6) is 0.749. The largest absolute Gasteiger partial charge is 0.493 e. The van der Waals surface area contributed by atoms with E-state index in [0.29, 0.717) is 18.7 Å². The number of aromatic nitrogens is 2. The number of halogens is 1. The minimum absolute atomic E-state index is 0.0127. The van der Waals surface area contributed by atoms with Gasteiger partial charge < -0.3 is 4.74 Å². The molecule has 2 rings (SSSR count). The van der Waals surface area contributed by atoms with Crippen molar-refractivity contribution in [2.45, 2.75) is 25.2 Å². The minimum atomic E-state index is -3.92. The maximum absolute atomic E-state index is 12.2. The monoisotopic (exact) mass is 358 g/mol. The Kier molecular flexibility index (Phi) is 5.67. The van der Waals surface area contributed by atoms with E-state index in [2.05, 4.69) is 5.10 Å². The highest BCUT2D eigenvalue weighted by atomic mass is 35.5. The van der Waals surface area contributed by atoms with Crippen molar-refractivity contribution in [1.29, 1.82) is 0 Å². The molecule has 0 aliphatic rings. The van der Waals surface area contributed by atoms with Crippen molar-refractivity contribution in [3.63, 3.8) is 0 Å². The van der Waals surface area contributed by atoms with Crippen molar-refractivity contribution in [3.05, 3.63) is 40.7 Å². The van der Waals surface area contributed by atoms with Crippen LogP contribution in [0.15, 0.2) is 29.2 Å². The van der Waals surface area contributed by atoms with Crippen molar-refractivity contribution in [2.24, 2.45) is 7.05 Å². The number of benzene rings is 1. The summed E-state index contributed by atoms with van der Waals surface area (Å²) in [6.45, 7) is 3.92. The fourth-order valence-corrected chi connectivity index (χ4v) is 3.73. The molecule has 0 saturated carbocycles. The van der Waals surface area contributed by atoms with Gasteiger partial charge in [0.15, 0.2) is 4.90 Å². The van der Waals surface area contributed by atoms with Crippen LogP contribution in [0.3, 0.4) is 0 Å². The van der Waals surface area contributed by atoms with E-state index in [0.717, 1.165) is 11.3 Å². The van der Waals surface area contributed by atoms with Gasteiger partial charge in [0.1, 0.15) is 10.9 Å². The average Bonchev–Trinajstić information content (AvgIpc) is 2.72. The number of ether oxygens (including phenoxy) is 1. The molecule has 0 amide bonds. The number of nitrogens with zero attached hydrogens (tertiary/aromatic N) is 2. The van der Waals surface area contributed by atoms with Crippen LogP contribution in [0.2, 0.25) is 5.15 Å². The van der Waals surface area contributed by atoms with E-state index in [1.165, 1.54) is 4.68 Å². The zero-order valence-corrected chi connectivity index (χ0v) is 14.8. The summed E-state index contributed by atoms with van der Waals surface area (Å²) in [4.78, 5) is -0.0822. The first-order valence-electron chi connectivity index (χ1n) is 7.09. The lowest BCUT2D eigenvalue weighted by molar-refractivity contribution is 0.250. The van der Waals surface area contributed by atoms with Gasteiger partial charge in [-0.15, -0.1) is 0 Å². The number of hydrogen-bond donors (Lipinski definition) is 0. The van der Waals surface area contributed by atoms with Gasteiger partial charge in [0, 0.05) is 13.5 Å². The van der Waals surface area contributed by atoms with E-state index in [9.17, 15) is 8.42 Å². The molecule has 1 aromatic carbocycles. The van der Waals surface area contributed by atoms with E-state index >= 15 is 0 Å². The summed E-state index contributed by atoms with van der Waals surface area (Å²) in [6.07, 6.45) is 0.435. The van der Waals surface area contributed by atoms with Gasteiger partial charge in [-0.2, -0.15) is 13.5 Å². The summed E-state index contributed by atoms with van der Waals surface area (Å²) in [5.41, 5.74) is 1.41. The summed E-state index contributed by atoms with van der Waals surface area (Å²) in [6, 6.07) is 7.64. The summed E-state index contributed by atoms with van der Waals surface area (Å²) >= 11 is 5.95. The molecule has 1 heterocycles. The van der Waals surface area contributed by atoms with E-state index in [1.54, 1.807) is 14.0 Å². The Morgan fingerprint density at radius 3 is 2.61 bits per heavy atom. The minimum Gasteiger partial charge on any atom is -0.493 e. The van der Waals surface area contributed by atoms with E-state index in [4.69, 9.17) is 20.5 Å². The van der Waals surface area contributed by atoms with Crippen molar-refractivity contribution in [3.8, 4) is 5.75 Å². The van der Waals surface area contributed by atoms with Crippen LogP contribution in [-0.2, 0) is 21.3 Å². The molecular formula is C15H19ClN2O4S. The molecule has 0 atom stereocenters. The molecule has 23 heavy (non-hydrogen) atoms. The van der Waals surface area contributed by atoms with E-state index < -0.39 is 10.1 Å². The summed E-state index contributed by atoms with van der Waals surface area (Å²) < 4.78 is 36.2. The van der Waals surface area contributed by atoms with Crippen LogP contribution in [0.25, 0.3) is 0 Å². The second-order valence-electron chi connectivity index (χ2n) is 5.12. The highest BCUT2D eigenvalue weighted by molar-refractivity contribution is 7.87. The molecule has 0 unspecified atom stereocenters. The van der Waals surface area contributed by atoms with Gasteiger partial charge in [0.25, 0.3) is 0 Å². The molecule has 0 N–H and O–H groups in total. The number of rotatable bonds is 7. The molecule has 0 spiro atoms. The van der Waals surface area contributed by atoms with Crippen LogP contribution >= 0.6 is 11.6 Å². The van der Waals surface area contributed by atoms with Gasteiger partial charge in [0.05, 0.1) is 18.9 Å². The smallest absolute Gasteiger partial charge is 0.301 e. The third-order valence-electron chi connectivity index (χ3n) is 3.14. The molecule has 0 fully saturated rings. The topological polar surface area (TPSA) is 70.4 Å². The maximum atomic E-state index is 12.2. The Hall–Kier alpha value is -1.57. The molecule has 1 aromatic heterocycles. The van der Waals surface area contributed by atoms with Crippen LogP contribution in [-0.4, -0.2) is 31.4 Å². The van der Waals surface area contributed by atoms with Crippen LogP contribution in [0.4, 0.5) is 0 Å². The molecule has 126 valence electrons. The van der Waals surface area contributed by atoms with Gasteiger partial charge in [-0.3, -0.25) is 8.86 Å². The number of aryl methyl sites for hydroxylation is 3. The van der Waals surface area contributed by atoms with Crippen molar-refractivity contribution < 1.29 is 17.3 Å². The summed E-state index contributed by atoms with van der Waals surface area (Å²) in [7, 11) is -2.35. The Labute approximate surface area is 141 Å². The van der Waals surface area contributed by atoms with E-state index in [1.807, 2.05) is 31.2 Å². The van der Waals surface area contributed by atoms with Crippen LogP contribution in [0.1, 0.15) is 17.7 Å². The third-order valence-corrected chi connectivity index (χ3v) is 5.15. The molecule has 0 aliphatic heterocycles. The standard InChI is InChI=1S/C15H19ClN2O4S/c1-11-6-4-7-13(10-11)21-8-5-9-22-23(19,20)14-12(2)17-18(3)15(14)16/h4,6-7,10H,5,8-9H2,1-3H3. The first-order valence-corrected chi connectivity index (χ1v) is 8.88. The predicted octanol–water partition coefficient (Wildman–Crippen LogP) is 2.86. The Morgan fingerprint density at radius 2 is 2.00 bits per heavy atom. The van der Waals surface area contributed by atoms with Crippen LogP contribution < -0.4 is 4.74 Å². The van der Waals surface area contributed by atoms with Gasteiger partial charge in [0.2, 0.25) is 0 Å². The second kappa shape index (κ2) is 7.33. The Morgan fingerprint density at radius 1 is 1.26 bits per heavy atom. The SMILES string of the molecule is Cc1cccc(OCCCOS(=O)(=O)c2c(C)nn(C)c2Cl)c1. The first-order chi connectivity index (χ1) is 10.8. The van der Waals surface area contributed by atoms with Crippen molar-refractivity contribution in [2.75, 3.05) is 13.2 Å². The molecule has 8 heteroatoms. The lowest BCUT2D eigenvalue weighted by atomic mass is 10.2. The lowest BCUT2D eigenvalue weighted by Gasteiger charge is -2.08. The first kappa shape index (κ1) is 17.8. The highest BCUT2D eigenvalue weighted by Crippen LogP contribution is 2.25. The van der Waals surface area contributed by atoms with E-state index in [-0.39, 0.29) is 16.7 Å². The zero-order chi connectivity index (χ0) is 17.0. The number of hydrogen-bond acceptors (Lipinski definition) is 5. The normalized spacial score (nSPS) is 11.7. The lowest BCUT2D eigenvalue weighted by Crippen LogP contribution is -2.11. The van der Waals surface area contributed by atoms with Crippen LogP contribution in [0.5, 0.6) is 5.75 Å². The fourth-order valence-electron chi connectivity index (χ4n) is 2.08. The molecular weight excluding hydrogens is 340 g/mol. The average molecular weight is 359 g/mol. The fraction of sp³-hybridized carbons (Fsp3) is 0.400. The quantitative estimate of drug-likeness (QED) is 0.562. The van der Waals surface area contributed by atoms with Crippen LogP contribution in [0, 0.1) is 13.8 Å². The van der Waals surface area contributed by atoms with Gasteiger partial charge in [-0.25, -0.2) is 0 Å². The second-order valence-corrected chi connectivity index (χ2v) is 7.03. The molecule has 0 radical (unpaired) electrons. The van der Waals surface area contributed by atoms with Crippen molar-refractivity contribution >= 4 is 21.7 Å². The van der Waals surface area contributed by atoms with Gasteiger partial charge >= 0.3 is 10.1 Å². The molecule has 0 saturated heterocycles. The molecule has 2 aromatic rings. The molecule has 0 aliphatic carbocycles. The zero-order valence-electron chi connectivity index (χ0n) is 13.2. The Balaban J connectivity index is 1.86. The summed E-state index contributed by atoms with van der Waals surface area (Å²) in [5, 5.41) is 4.01. The maximum Gasteiger partial charge on any atom is 0.301 e. The van der Waals surface area contributed by atoms with Gasteiger partial charge in [-0.1, -0.05) is 23.7 Å². The van der Waals surface area contributed by atoms with Gasteiger partial charge in [-0.05, 0) is 31.5 Å².